The molecule has 1 aliphatic carbocycles. The maximum atomic E-state index is 3.72. The van der Waals surface area contributed by atoms with Crippen molar-refractivity contribution in [1.29, 1.82) is 0 Å². The molecule has 1 saturated heterocycles. The van der Waals surface area contributed by atoms with Crippen LogP contribution in [0.1, 0.15) is 46.5 Å². The smallest absolute Gasteiger partial charge is 0.0218 e. The predicted octanol–water partition coefficient (Wildman–Crippen LogP) is 2.49. The van der Waals surface area contributed by atoms with Crippen LogP contribution in [0.3, 0.4) is 0 Å². The lowest BCUT2D eigenvalue weighted by molar-refractivity contribution is 0.0755. The summed E-state index contributed by atoms with van der Waals surface area (Å²) in [7, 11) is 0. The van der Waals surface area contributed by atoms with Crippen LogP contribution in [0.25, 0.3) is 0 Å². The summed E-state index contributed by atoms with van der Waals surface area (Å²) in [6.45, 7) is 10.8. The van der Waals surface area contributed by atoms with Crippen LogP contribution in [0, 0.1) is 11.8 Å². The molecule has 0 aromatic rings. The Labute approximate surface area is 101 Å². The lowest BCUT2D eigenvalue weighted by Crippen LogP contribution is -2.59. The molecule has 2 atom stereocenters. The van der Waals surface area contributed by atoms with Crippen molar-refractivity contribution in [3.05, 3.63) is 0 Å². The molecule has 0 radical (unpaired) electrons. The van der Waals surface area contributed by atoms with Gasteiger partial charge in [-0.3, -0.25) is 4.90 Å². The van der Waals surface area contributed by atoms with Gasteiger partial charge in [-0.1, -0.05) is 27.2 Å². The van der Waals surface area contributed by atoms with Crippen LogP contribution in [-0.4, -0.2) is 36.6 Å². The molecule has 0 aromatic heterocycles. The van der Waals surface area contributed by atoms with Gasteiger partial charge in [-0.2, -0.15) is 0 Å². The highest BCUT2D eigenvalue weighted by Crippen LogP contribution is 2.29. The van der Waals surface area contributed by atoms with Gasteiger partial charge in [0.15, 0.2) is 0 Å². The standard InChI is InChI=1S/C14H28N2/c1-4-13-8-15-14(11(2)3)10-16(13)9-12-6-5-7-12/h11-15H,4-10H2,1-3H3. The normalized spacial score (nSPS) is 33.0. The van der Waals surface area contributed by atoms with Crippen LogP contribution >= 0.6 is 0 Å². The third-order valence-electron chi connectivity index (χ3n) is 4.56. The van der Waals surface area contributed by atoms with Gasteiger partial charge in [0.05, 0.1) is 0 Å². The van der Waals surface area contributed by atoms with Gasteiger partial charge in [-0.25, -0.2) is 0 Å². The van der Waals surface area contributed by atoms with E-state index in [0.29, 0.717) is 6.04 Å². The molecule has 1 heterocycles. The van der Waals surface area contributed by atoms with Crippen molar-refractivity contribution in [1.82, 2.24) is 10.2 Å². The third-order valence-corrected chi connectivity index (χ3v) is 4.56. The van der Waals surface area contributed by atoms with Crippen LogP contribution in [0.4, 0.5) is 0 Å². The largest absolute Gasteiger partial charge is 0.311 e. The average molecular weight is 224 g/mol. The van der Waals surface area contributed by atoms with Gasteiger partial charge >= 0.3 is 0 Å². The van der Waals surface area contributed by atoms with E-state index in [1.807, 2.05) is 0 Å². The Bertz CT molecular complexity index is 211. The summed E-state index contributed by atoms with van der Waals surface area (Å²) < 4.78 is 0. The molecule has 1 aliphatic heterocycles. The summed E-state index contributed by atoms with van der Waals surface area (Å²) in [6.07, 6.45) is 5.73. The molecule has 1 saturated carbocycles. The first-order chi connectivity index (χ1) is 7.70. The minimum Gasteiger partial charge on any atom is -0.311 e. The minimum absolute atomic E-state index is 0.711. The third kappa shape index (κ3) is 2.78. The SMILES string of the molecule is CCC1CNC(C(C)C)CN1CC1CCC1. The fourth-order valence-electron chi connectivity index (χ4n) is 2.96. The Morgan fingerprint density at radius 3 is 2.56 bits per heavy atom. The van der Waals surface area contributed by atoms with Crippen LogP contribution in [0.5, 0.6) is 0 Å². The molecule has 2 rings (SSSR count). The van der Waals surface area contributed by atoms with Crippen LogP contribution in [0.2, 0.25) is 0 Å². The fourth-order valence-corrected chi connectivity index (χ4v) is 2.96. The van der Waals surface area contributed by atoms with Crippen LogP contribution in [-0.2, 0) is 0 Å². The minimum atomic E-state index is 0.711. The number of nitrogens with one attached hydrogen (secondary N) is 1. The van der Waals surface area contributed by atoms with Crippen LogP contribution < -0.4 is 5.32 Å². The summed E-state index contributed by atoms with van der Waals surface area (Å²) in [4.78, 5) is 2.77. The molecule has 16 heavy (non-hydrogen) atoms. The molecule has 0 aromatic carbocycles. The summed E-state index contributed by atoms with van der Waals surface area (Å²) in [5, 5.41) is 3.72. The van der Waals surface area contributed by atoms with Gasteiger partial charge in [0, 0.05) is 31.7 Å². The molecule has 0 bridgehead atoms. The van der Waals surface area contributed by atoms with E-state index in [9.17, 15) is 0 Å². The van der Waals surface area contributed by atoms with E-state index in [-0.39, 0.29) is 0 Å². The molecular weight excluding hydrogens is 196 g/mol. The van der Waals surface area contributed by atoms with Gasteiger partial charge in [0.1, 0.15) is 0 Å². The van der Waals surface area contributed by atoms with E-state index < -0.39 is 0 Å². The monoisotopic (exact) mass is 224 g/mol. The van der Waals surface area contributed by atoms with Gasteiger partial charge in [-0.15, -0.1) is 0 Å². The first-order valence-electron chi connectivity index (χ1n) is 7.18. The topological polar surface area (TPSA) is 15.3 Å². The summed E-state index contributed by atoms with van der Waals surface area (Å²) in [5.41, 5.74) is 0. The van der Waals surface area contributed by atoms with E-state index in [1.165, 1.54) is 45.3 Å². The van der Waals surface area contributed by atoms with Crippen molar-refractivity contribution in [3.8, 4) is 0 Å². The Morgan fingerprint density at radius 2 is 2.06 bits per heavy atom. The van der Waals surface area contributed by atoms with Crippen molar-refractivity contribution in [3.63, 3.8) is 0 Å². The summed E-state index contributed by atoms with van der Waals surface area (Å²) in [6, 6.07) is 1.50. The molecule has 2 heteroatoms. The van der Waals surface area contributed by atoms with Gasteiger partial charge in [-0.05, 0) is 31.1 Å². The second-order valence-electron chi connectivity index (χ2n) is 6.07. The average Bonchev–Trinajstić information content (AvgIpc) is 2.23. The van der Waals surface area contributed by atoms with Crippen molar-refractivity contribution >= 4 is 0 Å². The maximum Gasteiger partial charge on any atom is 0.0218 e. The highest BCUT2D eigenvalue weighted by Gasteiger charge is 2.31. The van der Waals surface area contributed by atoms with Crippen LogP contribution in [0.15, 0.2) is 0 Å². The zero-order valence-corrected chi connectivity index (χ0v) is 11.2. The first kappa shape index (κ1) is 12.4. The summed E-state index contributed by atoms with van der Waals surface area (Å²) in [5.74, 6) is 1.78. The van der Waals surface area contributed by atoms with Crippen molar-refractivity contribution < 1.29 is 0 Å². The Morgan fingerprint density at radius 1 is 1.31 bits per heavy atom. The lowest BCUT2D eigenvalue weighted by atomic mass is 9.84. The molecule has 2 aliphatic rings. The molecule has 2 fully saturated rings. The zero-order valence-electron chi connectivity index (χ0n) is 11.2. The maximum absolute atomic E-state index is 3.72. The van der Waals surface area contributed by atoms with Gasteiger partial charge in [0.2, 0.25) is 0 Å². The van der Waals surface area contributed by atoms with Gasteiger partial charge in [0.25, 0.3) is 0 Å². The van der Waals surface area contributed by atoms with E-state index in [4.69, 9.17) is 0 Å². The Hall–Kier alpha value is -0.0800. The van der Waals surface area contributed by atoms with E-state index in [1.54, 1.807) is 0 Å². The number of hydrogen-bond acceptors (Lipinski definition) is 2. The van der Waals surface area contributed by atoms with E-state index in [0.717, 1.165) is 17.9 Å². The summed E-state index contributed by atoms with van der Waals surface area (Å²) >= 11 is 0. The fraction of sp³-hybridized carbons (Fsp3) is 1.00. The number of nitrogens with zero attached hydrogens (tertiary/aromatic N) is 1. The molecule has 2 unspecified atom stereocenters. The highest BCUT2D eigenvalue weighted by molar-refractivity contribution is 4.88. The Kier molecular flexibility index (Phi) is 4.26. The molecule has 0 amide bonds. The second kappa shape index (κ2) is 5.50. The van der Waals surface area contributed by atoms with Gasteiger partial charge < -0.3 is 5.32 Å². The first-order valence-corrected chi connectivity index (χ1v) is 7.18. The predicted molar refractivity (Wildman–Crippen MR) is 69.6 cm³/mol. The number of hydrogen-bond donors (Lipinski definition) is 1. The van der Waals surface area contributed by atoms with Crippen molar-refractivity contribution in [2.75, 3.05) is 19.6 Å². The van der Waals surface area contributed by atoms with E-state index in [2.05, 4.69) is 31.0 Å². The second-order valence-corrected chi connectivity index (χ2v) is 6.07. The number of rotatable bonds is 4. The van der Waals surface area contributed by atoms with E-state index >= 15 is 0 Å². The van der Waals surface area contributed by atoms with Crippen molar-refractivity contribution in [2.45, 2.75) is 58.5 Å². The Balaban J connectivity index is 1.88. The molecule has 0 spiro atoms. The quantitative estimate of drug-likeness (QED) is 0.789. The van der Waals surface area contributed by atoms with Crippen molar-refractivity contribution in [2.24, 2.45) is 11.8 Å². The highest BCUT2D eigenvalue weighted by atomic mass is 15.2. The molecule has 1 N–H and O–H groups in total. The molecule has 2 nitrogen and oxygen atoms in total. The lowest BCUT2D eigenvalue weighted by Gasteiger charge is -2.44. The number of piperazine rings is 1. The zero-order chi connectivity index (χ0) is 11.5. The molecule has 94 valence electrons. The molecular formula is C14H28N2.